The molecule has 0 saturated heterocycles. The standard InChI is InChI=1S/C7H12O/c1-4-6(8)5-3-7(4,5)2/h4-6,8H,3H2,1-2H3. The lowest BCUT2D eigenvalue weighted by molar-refractivity contribution is -0.0224. The fourth-order valence-corrected chi connectivity index (χ4v) is 2.07. The van der Waals surface area contributed by atoms with Crippen LogP contribution in [-0.4, -0.2) is 11.2 Å². The first-order chi connectivity index (χ1) is 3.66. The molecule has 2 aliphatic rings. The molecule has 1 nitrogen and oxygen atoms in total. The van der Waals surface area contributed by atoms with Crippen LogP contribution in [0.4, 0.5) is 0 Å². The van der Waals surface area contributed by atoms with Gasteiger partial charge in [-0.1, -0.05) is 13.8 Å². The summed E-state index contributed by atoms with van der Waals surface area (Å²) in [6.07, 6.45) is 1.31. The molecule has 0 heterocycles. The molecule has 0 aromatic rings. The molecule has 46 valence electrons. The summed E-state index contributed by atoms with van der Waals surface area (Å²) in [7, 11) is 0. The Bertz CT molecular complexity index is 132. The lowest BCUT2D eigenvalue weighted by Crippen LogP contribution is -2.39. The number of hydrogen-bond donors (Lipinski definition) is 1. The highest BCUT2D eigenvalue weighted by atomic mass is 16.3. The molecule has 2 saturated carbocycles. The van der Waals surface area contributed by atoms with Crippen LogP contribution in [0.25, 0.3) is 0 Å². The third-order valence-corrected chi connectivity index (χ3v) is 3.31. The molecule has 4 atom stereocenters. The second-order valence-corrected chi connectivity index (χ2v) is 3.60. The van der Waals surface area contributed by atoms with E-state index in [1.54, 1.807) is 0 Å². The van der Waals surface area contributed by atoms with Crippen molar-refractivity contribution in [3.63, 3.8) is 0 Å². The van der Waals surface area contributed by atoms with Crippen LogP contribution in [0.1, 0.15) is 20.3 Å². The summed E-state index contributed by atoms with van der Waals surface area (Å²) in [5, 5.41) is 9.19. The summed E-state index contributed by atoms with van der Waals surface area (Å²) in [5.41, 5.74) is 0.569. The van der Waals surface area contributed by atoms with Gasteiger partial charge in [0.2, 0.25) is 0 Å². The van der Waals surface area contributed by atoms with Crippen LogP contribution in [0, 0.1) is 17.3 Å². The number of aliphatic hydroxyl groups excluding tert-OH is 1. The SMILES string of the molecule is CC1C(O)C2CC12C. The van der Waals surface area contributed by atoms with Gasteiger partial charge in [0, 0.05) is 0 Å². The Hall–Kier alpha value is -0.0400. The van der Waals surface area contributed by atoms with Crippen LogP contribution < -0.4 is 0 Å². The minimum absolute atomic E-state index is 0.0417. The van der Waals surface area contributed by atoms with Crippen LogP contribution in [0.5, 0.6) is 0 Å². The summed E-state index contributed by atoms with van der Waals surface area (Å²) in [6.45, 7) is 4.42. The Kier molecular flexibility index (Phi) is 0.583. The molecule has 0 bridgehead atoms. The van der Waals surface area contributed by atoms with Gasteiger partial charge in [0.15, 0.2) is 0 Å². The fraction of sp³-hybridized carbons (Fsp3) is 1.00. The van der Waals surface area contributed by atoms with E-state index in [2.05, 4.69) is 13.8 Å². The van der Waals surface area contributed by atoms with Crippen molar-refractivity contribution in [1.82, 2.24) is 0 Å². The van der Waals surface area contributed by atoms with E-state index in [1.165, 1.54) is 6.42 Å². The summed E-state index contributed by atoms with van der Waals surface area (Å²) in [4.78, 5) is 0. The maximum Gasteiger partial charge on any atom is 0.0604 e. The minimum Gasteiger partial charge on any atom is -0.393 e. The Balaban J connectivity index is 2.16. The molecule has 2 fully saturated rings. The Labute approximate surface area is 49.7 Å². The first-order valence-corrected chi connectivity index (χ1v) is 3.34. The van der Waals surface area contributed by atoms with E-state index in [-0.39, 0.29) is 6.10 Å². The van der Waals surface area contributed by atoms with Gasteiger partial charge in [-0.05, 0) is 23.7 Å². The molecule has 1 N–H and O–H groups in total. The third-order valence-electron chi connectivity index (χ3n) is 3.31. The van der Waals surface area contributed by atoms with E-state index in [0.29, 0.717) is 17.3 Å². The molecule has 4 unspecified atom stereocenters. The molecule has 8 heavy (non-hydrogen) atoms. The van der Waals surface area contributed by atoms with Gasteiger partial charge in [0.25, 0.3) is 0 Å². The van der Waals surface area contributed by atoms with Crippen molar-refractivity contribution >= 4 is 0 Å². The Morgan fingerprint density at radius 1 is 1.62 bits per heavy atom. The number of rotatable bonds is 0. The average molecular weight is 112 g/mol. The molecule has 0 spiro atoms. The van der Waals surface area contributed by atoms with Crippen LogP contribution in [0.15, 0.2) is 0 Å². The van der Waals surface area contributed by atoms with Crippen LogP contribution in [0.2, 0.25) is 0 Å². The zero-order valence-corrected chi connectivity index (χ0v) is 5.39. The zero-order chi connectivity index (χ0) is 5.94. The lowest BCUT2D eigenvalue weighted by atomic mass is 9.73. The largest absolute Gasteiger partial charge is 0.393 e. The number of fused-ring (bicyclic) bond motifs is 1. The molecule has 2 rings (SSSR count). The maximum atomic E-state index is 9.19. The highest BCUT2D eigenvalue weighted by Gasteiger charge is 2.68. The van der Waals surface area contributed by atoms with Crippen LogP contribution >= 0.6 is 0 Å². The third kappa shape index (κ3) is 0.278. The minimum atomic E-state index is 0.0417. The predicted octanol–water partition coefficient (Wildman–Crippen LogP) is 1.02. The molecule has 0 aromatic carbocycles. The second-order valence-electron chi connectivity index (χ2n) is 3.60. The molecular formula is C7H12O. The zero-order valence-electron chi connectivity index (χ0n) is 5.39. The van der Waals surface area contributed by atoms with Crippen LogP contribution in [0.3, 0.4) is 0 Å². The van der Waals surface area contributed by atoms with Crippen molar-refractivity contribution in [3.8, 4) is 0 Å². The van der Waals surface area contributed by atoms with E-state index in [1.807, 2.05) is 0 Å². The molecule has 2 aliphatic carbocycles. The lowest BCUT2D eigenvalue weighted by Gasteiger charge is -2.36. The molecule has 0 radical (unpaired) electrons. The summed E-state index contributed by atoms with van der Waals surface area (Å²) < 4.78 is 0. The van der Waals surface area contributed by atoms with Gasteiger partial charge in [-0.2, -0.15) is 0 Å². The summed E-state index contributed by atoms with van der Waals surface area (Å²) in [5.74, 6) is 1.25. The maximum absolute atomic E-state index is 9.19. The van der Waals surface area contributed by atoms with Crippen molar-refractivity contribution in [1.29, 1.82) is 0 Å². The topological polar surface area (TPSA) is 20.2 Å². The van der Waals surface area contributed by atoms with Crippen molar-refractivity contribution in [2.24, 2.45) is 17.3 Å². The first-order valence-electron chi connectivity index (χ1n) is 3.34. The molecule has 0 aliphatic heterocycles. The van der Waals surface area contributed by atoms with E-state index in [0.717, 1.165) is 0 Å². The van der Waals surface area contributed by atoms with Gasteiger partial charge in [-0.15, -0.1) is 0 Å². The van der Waals surface area contributed by atoms with E-state index >= 15 is 0 Å². The average Bonchev–Trinajstić information content (AvgIpc) is 2.39. The van der Waals surface area contributed by atoms with E-state index < -0.39 is 0 Å². The molecule has 1 heteroatoms. The van der Waals surface area contributed by atoms with Gasteiger partial charge < -0.3 is 5.11 Å². The molecule has 0 amide bonds. The van der Waals surface area contributed by atoms with Crippen molar-refractivity contribution < 1.29 is 5.11 Å². The fourth-order valence-electron chi connectivity index (χ4n) is 2.07. The van der Waals surface area contributed by atoms with Gasteiger partial charge in [-0.25, -0.2) is 0 Å². The smallest absolute Gasteiger partial charge is 0.0604 e. The van der Waals surface area contributed by atoms with Gasteiger partial charge in [0.1, 0.15) is 0 Å². The Morgan fingerprint density at radius 2 is 2.25 bits per heavy atom. The van der Waals surface area contributed by atoms with Crippen LogP contribution in [-0.2, 0) is 0 Å². The highest BCUT2D eigenvalue weighted by molar-refractivity contribution is 5.17. The molecule has 0 aromatic heterocycles. The van der Waals surface area contributed by atoms with Gasteiger partial charge in [-0.3, -0.25) is 0 Å². The van der Waals surface area contributed by atoms with Gasteiger partial charge in [0.05, 0.1) is 6.10 Å². The van der Waals surface area contributed by atoms with Crippen molar-refractivity contribution in [2.45, 2.75) is 26.4 Å². The van der Waals surface area contributed by atoms with E-state index in [4.69, 9.17) is 0 Å². The number of aliphatic hydroxyl groups is 1. The number of hydrogen-bond acceptors (Lipinski definition) is 1. The Morgan fingerprint density at radius 3 is 2.38 bits per heavy atom. The normalized spacial score (nSPS) is 68.6. The monoisotopic (exact) mass is 112 g/mol. The highest BCUT2D eigenvalue weighted by Crippen LogP contribution is 2.70. The summed E-state index contributed by atoms with van der Waals surface area (Å²) >= 11 is 0. The summed E-state index contributed by atoms with van der Waals surface area (Å²) in [6, 6.07) is 0. The second kappa shape index (κ2) is 0.971. The first kappa shape index (κ1) is 4.80. The van der Waals surface area contributed by atoms with E-state index in [9.17, 15) is 5.11 Å². The van der Waals surface area contributed by atoms with Gasteiger partial charge >= 0.3 is 0 Å². The predicted molar refractivity (Wildman–Crippen MR) is 31.4 cm³/mol. The quantitative estimate of drug-likeness (QED) is 0.496. The van der Waals surface area contributed by atoms with Crippen molar-refractivity contribution in [2.75, 3.05) is 0 Å². The molecular weight excluding hydrogens is 100 g/mol. The van der Waals surface area contributed by atoms with Crippen molar-refractivity contribution in [3.05, 3.63) is 0 Å².